The van der Waals surface area contributed by atoms with E-state index in [9.17, 15) is 13.2 Å². The lowest BCUT2D eigenvalue weighted by molar-refractivity contribution is -0.127. The summed E-state index contributed by atoms with van der Waals surface area (Å²) in [5.74, 6) is 1.02. The van der Waals surface area contributed by atoms with Gasteiger partial charge in [-0.15, -0.1) is 0 Å². The van der Waals surface area contributed by atoms with Gasteiger partial charge in [-0.25, -0.2) is 0 Å². The van der Waals surface area contributed by atoms with Crippen molar-refractivity contribution < 1.29 is 13.2 Å². The predicted molar refractivity (Wildman–Crippen MR) is 81.3 cm³/mol. The fourth-order valence-electron chi connectivity index (χ4n) is 3.39. The molecular weight excluding hydrogens is 277 g/mol. The van der Waals surface area contributed by atoms with Gasteiger partial charge in [0.1, 0.15) is 0 Å². The van der Waals surface area contributed by atoms with Crippen molar-refractivity contribution in [2.24, 2.45) is 17.3 Å². The Kier molecular flexibility index (Phi) is 6.54. The lowest BCUT2D eigenvalue weighted by atomic mass is 9.80. The minimum Gasteiger partial charge on any atom is -0.305 e. The highest BCUT2D eigenvalue weighted by atomic mass is 19.4. The Bertz CT molecular complexity index is 308. The molecule has 1 N–H and O–H groups in total. The normalized spacial score (nSPS) is 25.6. The highest BCUT2D eigenvalue weighted by Gasteiger charge is 2.33. The SMILES string of the molecule is CC(C)CN1CC(CC(C)(C)C)CC(NCC(F)(F)F)C1. The molecule has 21 heavy (non-hydrogen) atoms. The fraction of sp³-hybridized carbons (Fsp3) is 1.00. The first-order valence-electron chi connectivity index (χ1n) is 7.97. The maximum absolute atomic E-state index is 12.4. The van der Waals surface area contributed by atoms with Crippen LogP contribution in [0, 0.1) is 17.3 Å². The van der Waals surface area contributed by atoms with E-state index in [2.05, 4.69) is 44.8 Å². The van der Waals surface area contributed by atoms with Gasteiger partial charge in [0, 0.05) is 25.7 Å². The molecule has 5 heteroatoms. The quantitative estimate of drug-likeness (QED) is 0.828. The molecule has 1 heterocycles. The van der Waals surface area contributed by atoms with E-state index in [1.165, 1.54) is 0 Å². The van der Waals surface area contributed by atoms with E-state index in [0.29, 0.717) is 11.8 Å². The molecule has 0 aromatic heterocycles. The molecule has 126 valence electrons. The Morgan fingerprint density at radius 2 is 1.76 bits per heavy atom. The van der Waals surface area contributed by atoms with Crippen LogP contribution in [0.1, 0.15) is 47.5 Å². The lowest BCUT2D eigenvalue weighted by Crippen LogP contribution is -2.52. The molecule has 2 unspecified atom stereocenters. The Balaban J connectivity index is 2.61. The van der Waals surface area contributed by atoms with E-state index < -0.39 is 12.7 Å². The van der Waals surface area contributed by atoms with Crippen LogP contribution in [0.25, 0.3) is 0 Å². The van der Waals surface area contributed by atoms with Crippen LogP contribution in [0.2, 0.25) is 0 Å². The second-order valence-electron chi connectivity index (χ2n) is 8.17. The summed E-state index contributed by atoms with van der Waals surface area (Å²) in [4.78, 5) is 2.33. The molecule has 1 saturated heterocycles. The van der Waals surface area contributed by atoms with E-state index in [1.807, 2.05) is 0 Å². The molecule has 0 aromatic rings. The standard InChI is InChI=1S/C16H31F3N2/c1-12(2)8-21-9-13(7-15(3,4)5)6-14(10-21)20-11-16(17,18)19/h12-14,20H,6-11H2,1-5H3. The first-order valence-corrected chi connectivity index (χ1v) is 7.97. The van der Waals surface area contributed by atoms with E-state index in [1.54, 1.807) is 0 Å². The molecule has 1 fully saturated rings. The summed E-state index contributed by atoms with van der Waals surface area (Å²) < 4.78 is 37.2. The van der Waals surface area contributed by atoms with E-state index in [4.69, 9.17) is 0 Å². The molecule has 0 aliphatic carbocycles. The third-order valence-electron chi connectivity index (χ3n) is 3.73. The van der Waals surface area contributed by atoms with Gasteiger partial charge in [0.25, 0.3) is 0 Å². The number of nitrogens with zero attached hydrogens (tertiary/aromatic N) is 1. The Hall–Kier alpha value is -0.290. The number of halogens is 3. The van der Waals surface area contributed by atoms with Crippen LogP contribution in [-0.4, -0.2) is 43.3 Å². The Morgan fingerprint density at radius 1 is 1.14 bits per heavy atom. The summed E-state index contributed by atoms with van der Waals surface area (Å²) in [6.45, 7) is 12.7. The van der Waals surface area contributed by atoms with Crippen molar-refractivity contribution in [3.05, 3.63) is 0 Å². The highest BCUT2D eigenvalue weighted by molar-refractivity contribution is 4.86. The van der Waals surface area contributed by atoms with Crippen molar-refractivity contribution >= 4 is 0 Å². The summed E-state index contributed by atoms with van der Waals surface area (Å²) in [6.07, 6.45) is -2.21. The van der Waals surface area contributed by atoms with Gasteiger partial charge in [0.05, 0.1) is 6.54 Å². The Labute approximate surface area is 127 Å². The number of alkyl halides is 3. The maximum atomic E-state index is 12.4. The van der Waals surface area contributed by atoms with Crippen molar-refractivity contribution in [3.63, 3.8) is 0 Å². The molecule has 1 aliphatic heterocycles. The van der Waals surface area contributed by atoms with Gasteiger partial charge in [-0.05, 0) is 30.1 Å². The summed E-state index contributed by atoms with van der Waals surface area (Å²) in [5, 5.41) is 2.71. The summed E-state index contributed by atoms with van der Waals surface area (Å²) >= 11 is 0. The number of hydrogen-bond donors (Lipinski definition) is 1. The predicted octanol–water partition coefficient (Wildman–Crippen LogP) is 3.92. The van der Waals surface area contributed by atoms with Crippen molar-refractivity contribution in [2.45, 2.75) is 59.7 Å². The molecule has 1 rings (SSSR count). The number of rotatable bonds is 5. The molecule has 0 aromatic carbocycles. The van der Waals surface area contributed by atoms with Gasteiger partial charge in [-0.1, -0.05) is 34.6 Å². The van der Waals surface area contributed by atoms with Crippen LogP contribution in [0.4, 0.5) is 13.2 Å². The zero-order chi connectivity index (χ0) is 16.3. The average Bonchev–Trinajstić information content (AvgIpc) is 2.21. The number of likely N-dealkylation sites (tertiary alicyclic amines) is 1. The number of piperidine rings is 1. The van der Waals surface area contributed by atoms with Crippen LogP contribution in [0.5, 0.6) is 0 Å². The van der Waals surface area contributed by atoms with Gasteiger partial charge in [0.2, 0.25) is 0 Å². The van der Waals surface area contributed by atoms with Gasteiger partial charge < -0.3 is 10.2 Å². The minimum atomic E-state index is -4.13. The van der Waals surface area contributed by atoms with Crippen LogP contribution >= 0.6 is 0 Å². The van der Waals surface area contributed by atoms with Crippen LogP contribution in [-0.2, 0) is 0 Å². The molecule has 0 radical (unpaired) electrons. The van der Waals surface area contributed by atoms with Crippen molar-refractivity contribution in [2.75, 3.05) is 26.2 Å². The van der Waals surface area contributed by atoms with E-state index in [-0.39, 0.29) is 11.5 Å². The van der Waals surface area contributed by atoms with Crippen molar-refractivity contribution in [1.29, 1.82) is 0 Å². The second-order valence-corrected chi connectivity index (χ2v) is 8.17. The average molecular weight is 308 g/mol. The van der Waals surface area contributed by atoms with Crippen LogP contribution < -0.4 is 5.32 Å². The molecular formula is C16H31F3N2. The van der Waals surface area contributed by atoms with Crippen molar-refractivity contribution in [1.82, 2.24) is 10.2 Å². The minimum absolute atomic E-state index is 0.0496. The van der Waals surface area contributed by atoms with Gasteiger partial charge >= 0.3 is 6.18 Å². The molecule has 0 saturated carbocycles. The van der Waals surface area contributed by atoms with Crippen LogP contribution in [0.15, 0.2) is 0 Å². The topological polar surface area (TPSA) is 15.3 Å². The van der Waals surface area contributed by atoms with Gasteiger partial charge in [0.15, 0.2) is 0 Å². The first-order chi connectivity index (χ1) is 9.44. The largest absolute Gasteiger partial charge is 0.401 e. The lowest BCUT2D eigenvalue weighted by Gasteiger charge is -2.41. The third kappa shape index (κ3) is 8.67. The van der Waals surface area contributed by atoms with Crippen molar-refractivity contribution in [3.8, 4) is 0 Å². The smallest absolute Gasteiger partial charge is 0.305 e. The van der Waals surface area contributed by atoms with E-state index in [0.717, 1.165) is 32.5 Å². The zero-order valence-electron chi connectivity index (χ0n) is 14.1. The molecule has 2 atom stereocenters. The molecule has 0 bridgehead atoms. The molecule has 0 spiro atoms. The second kappa shape index (κ2) is 7.32. The molecule has 2 nitrogen and oxygen atoms in total. The maximum Gasteiger partial charge on any atom is 0.401 e. The first kappa shape index (κ1) is 18.8. The van der Waals surface area contributed by atoms with Gasteiger partial charge in [-0.2, -0.15) is 13.2 Å². The number of nitrogens with one attached hydrogen (secondary N) is 1. The third-order valence-corrected chi connectivity index (χ3v) is 3.73. The Morgan fingerprint density at radius 3 is 2.24 bits per heavy atom. The highest BCUT2D eigenvalue weighted by Crippen LogP contribution is 2.30. The number of hydrogen-bond acceptors (Lipinski definition) is 2. The molecule has 0 amide bonds. The van der Waals surface area contributed by atoms with E-state index >= 15 is 0 Å². The fourth-order valence-corrected chi connectivity index (χ4v) is 3.39. The summed E-state index contributed by atoms with van der Waals surface area (Å²) in [6, 6.07) is -0.0496. The molecule has 1 aliphatic rings. The zero-order valence-corrected chi connectivity index (χ0v) is 14.1. The summed E-state index contributed by atoms with van der Waals surface area (Å²) in [7, 11) is 0. The summed E-state index contributed by atoms with van der Waals surface area (Å²) in [5.41, 5.74) is 0.222. The van der Waals surface area contributed by atoms with Crippen LogP contribution in [0.3, 0.4) is 0 Å². The van der Waals surface area contributed by atoms with Gasteiger partial charge in [-0.3, -0.25) is 0 Å². The monoisotopic (exact) mass is 308 g/mol.